The second-order valence-electron chi connectivity index (χ2n) is 8.43. The fourth-order valence-corrected chi connectivity index (χ4v) is 4.52. The van der Waals surface area contributed by atoms with E-state index in [0.29, 0.717) is 12.2 Å². The van der Waals surface area contributed by atoms with Gasteiger partial charge in [-0.1, -0.05) is 102 Å². The van der Waals surface area contributed by atoms with Crippen LogP contribution in [0.4, 0.5) is 0 Å². The molecule has 0 saturated heterocycles. The van der Waals surface area contributed by atoms with Gasteiger partial charge in [-0.15, -0.1) is 5.75 Å². The Morgan fingerprint density at radius 1 is 0.788 bits per heavy atom. The van der Waals surface area contributed by atoms with Crippen LogP contribution in [0.25, 0.3) is 0 Å². The molecule has 0 radical (unpaired) electrons. The zero-order valence-electron chi connectivity index (χ0n) is 20.2. The Bertz CT molecular complexity index is 897. The minimum atomic E-state index is -4.43. The molecule has 2 aromatic carbocycles. The summed E-state index contributed by atoms with van der Waals surface area (Å²) in [6.07, 6.45) is 15.7. The van der Waals surface area contributed by atoms with Crippen molar-refractivity contribution in [3.05, 3.63) is 48.0 Å². The van der Waals surface area contributed by atoms with Gasteiger partial charge in [0.05, 0.1) is 0 Å². The Labute approximate surface area is 222 Å². The Morgan fingerprint density at radius 2 is 1.30 bits per heavy atom. The third-order valence-corrected chi connectivity index (χ3v) is 6.56. The summed E-state index contributed by atoms with van der Waals surface area (Å²) in [5.41, 5.74) is 0.735. The van der Waals surface area contributed by atoms with Crippen molar-refractivity contribution >= 4 is 10.1 Å². The molecule has 0 aromatic heterocycles. The third kappa shape index (κ3) is 11.8. The number of rotatable bonds is 16. The first-order chi connectivity index (χ1) is 15.4. The summed E-state index contributed by atoms with van der Waals surface area (Å²) in [5, 5.41) is 11.3. The molecule has 0 aliphatic heterocycles. The van der Waals surface area contributed by atoms with Crippen LogP contribution in [-0.2, 0) is 16.5 Å². The first kappa shape index (κ1) is 30.0. The van der Waals surface area contributed by atoms with Crippen LogP contribution in [-0.4, -0.2) is 13.0 Å². The van der Waals surface area contributed by atoms with E-state index in [1.807, 2.05) is 6.07 Å². The van der Waals surface area contributed by atoms with Crippen molar-refractivity contribution in [2.24, 2.45) is 0 Å². The normalized spacial score (nSPS) is 11.2. The van der Waals surface area contributed by atoms with E-state index in [2.05, 4.69) is 6.92 Å². The van der Waals surface area contributed by atoms with Gasteiger partial charge in [-0.2, -0.15) is 8.42 Å². The molecule has 0 atom stereocenters. The third-order valence-electron chi connectivity index (χ3n) is 5.68. The molecule has 33 heavy (non-hydrogen) atoms. The summed E-state index contributed by atoms with van der Waals surface area (Å²) in [4.78, 5) is -0.250. The van der Waals surface area contributed by atoms with Gasteiger partial charge in [-0.25, -0.2) is 0 Å². The maximum absolute atomic E-state index is 11.9. The first-order valence-corrected chi connectivity index (χ1v) is 13.4. The molecule has 0 spiro atoms. The quantitative estimate of drug-likeness (QED) is 0.221. The van der Waals surface area contributed by atoms with Gasteiger partial charge in [0.25, 0.3) is 10.1 Å². The van der Waals surface area contributed by atoms with Crippen LogP contribution in [0, 0.1) is 0 Å². The molecule has 0 unspecified atom stereocenters. The minimum absolute atomic E-state index is 0. The number of aryl methyl sites for hydroxylation is 1. The first-order valence-electron chi connectivity index (χ1n) is 12.0. The number of hydrogen-bond donors (Lipinski definition) is 1. The molecule has 5 nitrogen and oxygen atoms in total. The average molecular weight is 485 g/mol. The minimum Gasteiger partial charge on any atom is -0.872 e. The predicted octanol–water partition coefficient (Wildman–Crippen LogP) is 4.05. The largest absolute Gasteiger partial charge is 1.00 e. The molecule has 0 bridgehead atoms. The molecular weight excluding hydrogens is 447 g/mol. The van der Waals surface area contributed by atoms with Crippen molar-refractivity contribution in [2.75, 3.05) is 0 Å². The van der Waals surface area contributed by atoms with Crippen molar-refractivity contribution in [1.82, 2.24) is 0 Å². The van der Waals surface area contributed by atoms with E-state index in [0.717, 1.165) is 24.8 Å². The summed E-state index contributed by atoms with van der Waals surface area (Å²) < 4.78 is 39.1. The van der Waals surface area contributed by atoms with E-state index < -0.39 is 10.1 Å². The predicted molar refractivity (Wildman–Crippen MR) is 127 cm³/mol. The van der Waals surface area contributed by atoms with E-state index in [4.69, 9.17) is 4.74 Å². The number of ether oxygens (including phenoxy) is 1. The van der Waals surface area contributed by atoms with Crippen molar-refractivity contribution in [2.45, 2.75) is 95.3 Å². The van der Waals surface area contributed by atoms with E-state index in [1.165, 1.54) is 88.1 Å². The fourth-order valence-electron chi connectivity index (χ4n) is 3.86. The number of benzene rings is 2. The van der Waals surface area contributed by atoms with E-state index >= 15 is 0 Å². The molecule has 0 fully saturated rings. The molecule has 2 rings (SSSR count). The Balaban J connectivity index is 0.00000544. The number of para-hydroxylation sites is 1. The summed E-state index contributed by atoms with van der Waals surface area (Å²) >= 11 is 0. The zero-order valence-corrected chi connectivity index (χ0v) is 23.0. The standard InChI is InChI=1S/C26H38O5S.Na/c1-2-3-4-5-6-7-8-9-10-11-12-13-15-22-16-14-17-25(32(28,29)30)26(22)31-24-20-18-23(27)19-21-24;/h14,16-21,27H,2-13,15H2,1H3,(H,28,29,30);/q;+1/p-1. The molecule has 2 aromatic rings. The Hall–Kier alpha value is -1.05. The average Bonchev–Trinajstić information content (AvgIpc) is 2.76. The Morgan fingerprint density at radius 3 is 1.82 bits per heavy atom. The smallest absolute Gasteiger partial charge is 0.872 e. The van der Waals surface area contributed by atoms with Crippen LogP contribution in [0.3, 0.4) is 0 Å². The molecule has 0 aliphatic rings. The van der Waals surface area contributed by atoms with Crippen LogP contribution in [0.15, 0.2) is 47.4 Å². The molecule has 0 saturated carbocycles. The summed E-state index contributed by atoms with van der Waals surface area (Å²) in [5.74, 6) is 0.338. The van der Waals surface area contributed by atoms with Gasteiger partial charge in [0, 0.05) is 0 Å². The second-order valence-corrected chi connectivity index (χ2v) is 9.82. The molecule has 1 N–H and O–H groups in total. The van der Waals surface area contributed by atoms with Gasteiger partial charge in [0.1, 0.15) is 10.6 Å². The van der Waals surface area contributed by atoms with Crippen molar-refractivity contribution in [1.29, 1.82) is 0 Å². The van der Waals surface area contributed by atoms with Crippen molar-refractivity contribution < 1.29 is 52.4 Å². The summed E-state index contributed by atoms with van der Waals surface area (Å²) in [6.45, 7) is 2.24. The van der Waals surface area contributed by atoms with Crippen molar-refractivity contribution in [3.63, 3.8) is 0 Å². The monoisotopic (exact) mass is 484 g/mol. The zero-order chi connectivity index (χ0) is 23.2. The van der Waals surface area contributed by atoms with Gasteiger partial charge < -0.3 is 9.84 Å². The number of hydrogen-bond acceptors (Lipinski definition) is 4. The fraction of sp³-hybridized carbons (Fsp3) is 0.538. The maximum Gasteiger partial charge on any atom is 1.00 e. The maximum atomic E-state index is 11.9. The molecule has 0 amide bonds. The van der Waals surface area contributed by atoms with Crippen LogP contribution >= 0.6 is 0 Å². The topological polar surface area (TPSA) is 86.7 Å². The molecule has 0 aliphatic carbocycles. The van der Waals surface area contributed by atoms with Gasteiger partial charge in [0.2, 0.25) is 0 Å². The molecule has 178 valence electrons. The van der Waals surface area contributed by atoms with E-state index in [-0.39, 0.29) is 46.0 Å². The van der Waals surface area contributed by atoms with Gasteiger partial charge in [0.15, 0.2) is 5.75 Å². The van der Waals surface area contributed by atoms with E-state index in [1.54, 1.807) is 6.07 Å². The molecule has 7 heteroatoms. The van der Waals surface area contributed by atoms with E-state index in [9.17, 15) is 18.1 Å². The number of unbranched alkanes of at least 4 members (excludes halogenated alkanes) is 11. The summed E-state index contributed by atoms with van der Waals surface area (Å²) in [7, 11) is -4.43. The van der Waals surface area contributed by atoms with Gasteiger partial charge >= 0.3 is 29.6 Å². The molecule has 0 heterocycles. The molecular formula is C26H37NaO5S. The summed E-state index contributed by atoms with van der Waals surface area (Å²) in [6, 6.07) is 10.5. The SMILES string of the molecule is CCCCCCCCCCCCCCc1cccc(S(=O)(=O)O)c1Oc1ccc([O-])cc1.[Na+]. The van der Waals surface area contributed by atoms with Crippen LogP contribution in [0.1, 0.15) is 89.5 Å². The van der Waals surface area contributed by atoms with Gasteiger partial charge in [-0.3, -0.25) is 4.55 Å². The van der Waals surface area contributed by atoms with Crippen LogP contribution < -0.4 is 39.4 Å². The van der Waals surface area contributed by atoms with Crippen molar-refractivity contribution in [3.8, 4) is 17.2 Å². The second kappa shape index (κ2) is 16.6. The van der Waals surface area contributed by atoms with Crippen LogP contribution in [0.2, 0.25) is 0 Å². The Kier molecular flexibility index (Phi) is 15.0. The van der Waals surface area contributed by atoms with Gasteiger partial charge in [-0.05, 0) is 36.6 Å². The van der Waals surface area contributed by atoms with Crippen LogP contribution in [0.5, 0.6) is 17.2 Å².